The molecule has 0 spiro atoms. The molecule has 20 heavy (non-hydrogen) atoms. The van der Waals surface area contributed by atoms with Crippen molar-refractivity contribution in [1.29, 1.82) is 0 Å². The quantitative estimate of drug-likeness (QED) is 0.908. The van der Waals surface area contributed by atoms with Crippen molar-refractivity contribution in [2.24, 2.45) is 7.05 Å². The van der Waals surface area contributed by atoms with Gasteiger partial charge in [-0.05, 0) is 45.6 Å². The summed E-state index contributed by atoms with van der Waals surface area (Å²) < 4.78 is 1.87. The Labute approximate surface area is 120 Å². The number of likely N-dealkylation sites (tertiary alicyclic amines) is 1. The number of rotatable bonds is 3. The predicted octanol–water partition coefficient (Wildman–Crippen LogP) is 1.34. The predicted molar refractivity (Wildman–Crippen MR) is 77.4 cm³/mol. The third-order valence-electron chi connectivity index (χ3n) is 4.44. The topological polar surface area (TPSA) is 58.4 Å². The fourth-order valence-electron chi connectivity index (χ4n) is 2.81. The number of nitrogens with zero attached hydrogens (tertiary/aromatic N) is 3. The van der Waals surface area contributed by atoms with Gasteiger partial charge in [0.1, 0.15) is 0 Å². The van der Waals surface area contributed by atoms with Gasteiger partial charge in [0.25, 0.3) is 0 Å². The Morgan fingerprint density at radius 1 is 1.35 bits per heavy atom. The highest BCUT2D eigenvalue weighted by Crippen LogP contribution is 2.22. The van der Waals surface area contributed by atoms with Gasteiger partial charge < -0.3 is 10.0 Å². The first-order valence-corrected chi connectivity index (χ1v) is 7.29. The highest BCUT2D eigenvalue weighted by Gasteiger charge is 2.29. The summed E-state index contributed by atoms with van der Waals surface area (Å²) in [7, 11) is 1.93. The van der Waals surface area contributed by atoms with Crippen molar-refractivity contribution in [1.82, 2.24) is 14.7 Å². The first-order chi connectivity index (χ1) is 9.30. The summed E-state index contributed by atoms with van der Waals surface area (Å²) in [5.41, 5.74) is 2.73. The van der Waals surface area contributed by atoms with Gasteiger partial charge in [-0.1, -0.05) is 0 Å². The van der Waals surface area contributed by atoms with Gasteiger partial charge in [0.05, 0.1) is 11.3 Å². The van der Waals surface area contributed by atoms with Crippen molar-refractivity contribution < 1.29 is 9.90 Å². The van der Waals surface area contributed by atoms with E-state index in [1.54, 1.807) is 0 Å². The molecule has 5 nitrogen and oxygen atoms in total. The maximum Gasteiger partial charge on any atom is 0.222 e. The van der Waals surface area contributed by atoms with Gasteiger partial charge in [-0.15, -0.1) is 0 Å². The molecule has 0 saturated carbocycles. The molecule has 1 aromatic rings. The molecule has 1 amide bonds. The number of aromatic nitrogens is 2. The van der Waals surface area contributed by atoms with E-state index in [1.165, 1.54) is 5.56 Å². The summed E-state index contributed by atoms with van der Waals surface area (Å²) in [6, 6.07) is 0. The van der Waals surface area contributed by atoms with Gasteiger partial charge >= 0.3 is 0 Å². The molecule has 2 rings (SSSR count). The fraction of sp³-hybridized carbons (Fsp3) is 0.733. The van der Waals surface area contributed by atoms with E-state index < -0.39 is 5.60 Å². The van der Waals surface area contributed by atoms with E-state index >= 15 is 0 Å². The van der Waals surface area contributed by atoms with Gasteiger partial charge in [0.2, 0.25) is 5.91 Å². The molecule has 112 valence electrons. The molecule has 2 heterocycles. The van der Waals surface area contributed by atoms with Crippen molar-refractivity contribution in [3.05, 3.63) is 17.0 Å². The Hall–Kier alpha value is -1.36. The van der Waals surface area contributed by atoms with Gasteiger partial charge in [-0.2, -0.15) is 5.10 Å². The normalized spacial score (nSPS) is 18.4. The number of hydrogen-bond donors (Lipinski definition) is 1. The van der Waals surface area contributed by atoms with E-state index in [2.05, 4.69) is 5.10 Å². The molecule has 0 bridgehead atoms. The van der Waals surface area contributed by atoms with Gasteiger partial charge in [-0.3, -0.25) is 9.48 Å². The lowest BCUT2D eigenvalue weighted by Gasteiger charge is -2.35. The first-order valence-electron chi connectivity index (χ1n) is 7.29. The molecule has 1 aliphatic heterocycles. The molecule has 0 unspecified atom stereocenters. The smallest absolute Gasteiger partial charge is 0.222 e. The second kappa shape index (κ2) is 5.56. The summed E-state index contributed by atoms with van der Waals surface area (Å²) in [6.07, 6.45) is 2.61. The minimum absolute atomic E-state index is 0.183. The molecule has 0 aromatic carbocycles. The molecular formula is C15H25N3O2. The third-order valence-corrected chi connectivity index (χ3v) is 4.44. The summed E-state index contributed by atoms with van der Waals surface area (Å²) >= 11 is 0. The minimum Gasteiger partial charge on any atom is -0.390 e. The van der Waals surface area contributed by atoms with Crippen LogP contribution >= 0.6 is 0 Å². The molecular weight excluding hydrogens is 254 g/mol. The Kier molecular flexibility index (Phi) is 4.18. The minimum atomic E-state index is -0.604. The zero-order valence-corrected chi connectivity index (χ0v) is 12.9. The van der Waals surface area contributed by atoms with E-state index in [-0.39, 0.29) is 5.91 Å². The van der Waals surface area contributed by atoms with Crippen molar-refractivity contribution in [2.75, 3.05) is 13.1 Å². The monoisotopic (exact) mass is 279 g/mol. The lowest BCUT2D eigenvalue weighted by Crippen LogP contribution is -2.45. The Balaban J connectivity index is 1.90. The molecule has 1 N–H and O–H groups in total. The Morgan fingerprint density at radius 3 is 2.45 bits per heavy atom. The molecule has 5 heteroatoms. The Bertz CT molecular complexity index is 495. The largest absolute Gasteiger partial charge is 0.390 e. The molecule has 0 atom stereocenters. The number of aryl methyl sites for hydroxylation is 2. The molecule has 1 aromatic heterocycles. The van der Waals surface area contributed by atoms with Gasteiger partial charge in [-0.25, -0.2) is 0 Å². The van der Waals surface area contributed by atoms with Crippen molar-refractivity contribution >= 4 is 5.91 Å². The lowest BCUT2D eigenvalue weighted by molar-refractivity contribution is -0.134. The zero-order chi connectivity index (χ0) is 14.9. The summed E-state index contributed by atoms with van der Waals surface area (Å²) in [5, 5.41) is 14.3. The van der Waals surface area contributed by atoms with E-state index in [4.69, 9.17) is 0 Å². The van der Waals surface area contributed by atoms with E-state index in [9.17, 15) is 9.90 Å². The molecule has 0 aliphatic carbocycles. The van der Waals surface area contributed by atoms with Gasteiger partial charge in [0, 0.05) is 32.3 Å². The third kappa shape index (κ3) is 3.20. The maximum absolute atomic E-state index is 12.2. The average Bonchev–Trinajstić information content (AvgIpc) is 2.61. The lowest BCUT2D eigenvalue weighted by atomic mass is 9.93. The number of carbonyl (C=O) groups is 1. The summed E-state index contributed by atoms with van der Waals surface area (Å²) in [6.45, 7) is 7.20. The fourth-order valence-corrected chi connectivity index (χ4v) is 2.81. The second-order valence-corrected chi connectivity index (χ2v) is 6.15. The zero-order valence-electron chi connectivity index (χ0n) is 12.9. The van der Waals surface area contributed by atoms with Crippen molar-refractivity contribution in [3.8, 4) is 0 Å². The molecule has 0 radical (unpaired) electrons. The maximum atomic E-state index is 12.2. The SMILES string of the molecule is Cc1nn(C)c(C)c1CCC(=O)N1CCC(C)(O)CC1. The summed E-state index contributed by atoms with van der Waals surface area (Å²) in [4.78, 5) is 14.1. The van der Waals surface area contributed by atoms with Crippen LogP contribution in [0.4, 0.5) is 0 Å². The van der Waals surface area contributed by atoms with Crippen LogP contribution in [0.3, 0.4) is 0 Å². The van der Waals surface area contributed by atoms with Crippen LogP contribution in [0, 0.1) is 13.8 Å². The number of amides is 1. The van der Waals surface area contributed by atoms with Crippen molar-refractivity contribution in [2.45, 2.75) is 52.1 Å². The van der Waals surface area contributed by atoms with E-state index in [0.717, 1.165) is 17.8 Å². The molecule has 1 fully saturated rings. The average molecular weight is 279 g/mol. The van der Waals surface area contributed by atoms with Crippen LogP contribution < -0.4 is 0 Å². The number of carbonyl (C=O) groups excluding carboxylic acids is 1. The second-order valence-electron chi connectivity index (χ2n) is 6.15. The van der Waals surface area contributed by atoms with Crippen LogP contribution in [0.2, 0.25) is 0 Å². The van der Waals surface area contributed by atoms with E-state index in [1.807, 2.05) is 37.4 Å². The van der Waals surface area contributed by atoms with Crippen LogP contribution in [0.25, 0.3) is 0 Å². The highest BCUT2D eigenvalue weighted by molar-refractivity contribution is 5.76. The summed E-state index contributed by atoms with van der Waals surface area (Å²) in [5.74, 6) is 0.183. The van der Waals surface area contributed by atoms with Crippen LogP contribution in [0.5, 0.6) is 0 Å². The first kappa shape index (κ1) is 15.0. The number of hydrogen-bond acceptors (Lipinski definition) is 3. The Morgan fingerprint density at radius 2 is 1.95 bits per heavy atom. The standard InChI is InChI=1S/C15H25N3O2/c1-11-13(12(2)17(4)16-11)5-6-14(19)18-9-7-15(3,20)8-10-18/h20H,5-10H2,1-4H3. The molecule has 1 aliphatic rings. The van der Waals surface area contributed by atoms with Crippen LogP contribution in [-0.4, -0.2) is 44.4 Å². The van der Waals surface area contributed by atoms with E-state index in [0.29, 0.717) is 32.4 Å². The van der Waals surface area contributed by atoms with Crippen LogP contribution in [-0.2, 0) is 18.3 Å². The molecule has 1 saturated heterocycles. The number of piperidine rings is 1. The van der Waals surface area contributed by atoms with Crippen LogP contribution in [0.15, 0.2) is 0 Å². The highest BCUT2D eigenvalue weighted by atomic mass is 16.3. The van der Waals surface area contributed by atoms with Gasteiger partial charge in [0.15, 0.2) is 0 Å². The number of aliphatic hydroxyl groups is 1. The van der Waals surface area contributed by atoms with Crippen molar-refractivity contribution in [3.63, 3.8) is 0 Å². The van der Waals surface area contributed by atoms with Crippen LogP contribution in [0.1, 0.15) is 43.1 Å².